The van der Waals surface area contributed by atoms with Crippen LogP contribution in [0.4, 0.5) is 0 Å². The number of aryl methyl sites for hydroxylation is 2. The number of rotatable bonds is 5. The molecule has 7 heteroatoms. The van der Waals surface area contributed by atoms with Gasteiger partial charge in [0.25, 0.3) is 5.91 Å². The minimum atomic E-state index is -0.0833. The molecular weight excluding hydrogens is 411 g/mol. The lowest BCUT2D eigenvalue weighted by Crippen LogP contribution is -2.52. The average molecular weight is 435 g/mol. The second-order valence-electron chi connectivity index (χ2n) is 7.22. The molecule has 1 aliphatic heterocycles. The Morgan fingerprint density at radius 1 is 0.897 bits per heavy atom. The third-order valence-electron chi connectivity index (χ3n) is 5.03. The van der Waals surface area contributed by atoms with E-state index in [1.54, 1.807) is 21.9 Å². The highest BCUT2D eigenvalue weighted by Gasteiger charge is 2.24. The van der Waals surface area contributed by atoms with Crippen molar-refractivity contribution in [1.29, 1.82) is 0 Å². The molecule has 0 N–H and O–H groups in total. The highest BCUT2D eigenvalue weighted by Crippen LogP contribution is 2.25. The van der Waals surface area contributed by atoms with Crippen molar-refractivity contribution < 1.29 is 14.3 Å². The first-order valence-electron chi connectivity index (χ1n) is 9.53. The molecule has 0 atom stereocenters. The van der Waals surface area contributed by atoms with Crippen LogP contribution >= 0.6 is 23.2 Å². The number of carbonyl (C=O) groups excluding carboxylic acids is 2. The minimum absolute atomic E-state index is 0.0285. The van der Waals surface area contributed by atoms with E-state index in [2.05, 4.69) is 0 Å². The third-order valence-corrected chi connectivity index (χ3v) is 5.87. The molecule has 1 heterocycles. The average Bonchev–Trinajstić information content (AvgIpc) is 2.72. The van der Waals surface area contributed by atoms with Crippen LogP contribution in [0.2, 0.25) is 10.0 Å². The third kappa shape index (κ3) is 5.64. The van der Waals surface area contributed by atoms with E-state index < -0.39 is 0 Å². The molecule has 1 fully saturated rings. The maximum Gasteiger partial charge on any atom is 0.260 e. The van der Waals surface area contributed by atoms with Crippen LogP contribution in [0.15, 0.2) is 36.4 Å². The van der Waals surface area contributed by atoms with Gasteiger partial charge in [0.2, 0.25) is 5.91 Å². The predicted octanol–water partition coefficient (Wildman–Crippen LogP) is 3.90. The van der Waals surface area contributed by atoms with Crippen molar-refractivity contribution in [3.63, 3.8) is 0 Å². The van der Waals surface area contributed by atoms with E-state index >= 15 is 0 Å². The number of halogens is 2. The fraction of sp³-hybridized carbons (Fsp3) is 0.364. The van der Waals surface area contributed by atoms with Crippen molar-refractivity contribution >= 4 is 35.0 Å². The van der Waals surface area contributed by atoms with E-state index in [9.17, 15) is 9.59 Å². The lowest BCUT2D eigenvalue weighted by atomic mass is 10.1. The molecule has 2 amide bonds. The summed E-state index contributed by atoms with van der Waals surface area (Å²) in [6.07, 6.45) is 0.337. The van der Waals surface area contributed by atoms with Gasteiger partial charge in [-0.1, -0.05) is 35.3 Å². The van der Waals surface area contributed by atoms with Gasteiger partial charge < -0.3 is 14.5 Å². The Hall–Kier alpha value is -2.24. The Morgan fingerprint density at radius 2 is 1.41 bits per heavy atom. The zero-order chi connectivity index (χ0) is 21.0. The molecule has 5 nitrogen and oxygen atoms in total. The van der Waals surface area contributed by atoms with Crippen LogP contribution in [-0.2, 0) is 16.0 Å². The highest BCUT2D eigenvalue weighted by atomic mass is 35.5. The van der Waals surface area contributed by atoms with Crippen molar-refractivity contribution in [3.8, 4) is 5.75 Å². The van der Waals surface area contributed by atoms with Crippen molar-refractivity contribution in [2.75, 3.05) is 32.8 Å². The molecule has 2 aromatic rings. The topological polar surface area (TPSA) is 49.9 Å². The summed E-state index contributed by atoms with van der Waals surface area (Å²) in [7, 11) is 0. The summed E-state index contributed by atoms with van der Waals surface area (Å²) in [6, 6.07) is 10.9. The van der Waals surface area contributed by atoms with E-state index in [-0.39, 0.29) is 18.4 Å². The molecule has 154 valence electrons. The number of nitrogens with zero attached hydrogens (tertiary/aromatic N) is 2. The van der Waals surface area contributed by atoms with Gasteiger partial charge in [-0.25, -0.2) is 0 Å². The Kier molecular flexibility index (Phi) is 7.04. The molecule has 1 aliphatic rings. The molecule has 0 spiro atoms. The Morgan fingerprint density at radius 3 is 1.97 bits per heavy atom. The van der Waals surface area contributed by atoms with Gasteiger partial charge in [0.15, 0.2) is 6.61 Å². The van der Waals surface area contributed by atoms with Gasteiger partial charge in [-0.05, 0) is 54.8 Å². The number of piperazine rings is 1. The van der Waals surface area contributed by atoms with E-state index in [1.165, 1.54) is 0 Å². The molecule has 0 saturated carbocycles. The van der Waals surface area contributed by atoms with Gasteiger partial charge in [-0.15, -0.1) is 0 Å². The largest absolute Gasteiger partial charge is 0.484 e. The molecule has 1 saturated heterocycles. The van der Waals surface area contributed by atoms with Gasteiger partial charge in [-0.3, -0.25) is 9.59 Å². The number of carbonyl (C=O) groups is 2. The van der Waals surface area contributed by atoms with E-state index in [0.29, 0.717) is 48.4 Å². The quantitative estimate of drug-likeness (QED) is 0.716. The van der Waals surface area contributed by atoms with Crippen LogP contribution in [0.5, 0.6) is 5.75 Å². The number of ether oxygens (including phenoxy) is 1. The van der Waals surface area contributed by atoms with Crippen LogP contribution in [0.3, 0.4) is 0 Å². The van der Waals surface area contributed by atoms with Crippen LogP contribution in [0.25, 0.3) is 0 Å². The molecule has 0 radical (unpaired) electrons. The van der Waals surface area contributed by atoms with Crippen molar-refractivity contribution in [2.24, 2.45) is 0 Å². The zero-order valence-electron chi connectivity index (χ0n) is 16.6. The first-order valence-corrected chi connectivity index (χ1v) is 10.3. The molecule has 3 rings (SSSR count). The highest BCUT2D eigenvalue weighted by molar-refractivity contribution is 6.32. The lowest BCUT2D eigenvalue weighted by Gasteiger charge is -2.34. The van der Waals surface area contributed by atoms with Crippen molar-refractivity contribution in [1.82, 2.24) is 9.80 Å². The summed E-state index contributed by atoms with van der Waals surface area (Å²) in [5, 5.41) is 1.36. The number of benzene rings is 2. The normalized spacial score (nSPS) is 14.1. The predicted molar refractivity (Wildman–Crippen MR) is 115 cm³/mol. The standard InChI is InChI=1S/C22H24Cl2N2O3/c1-15-11-19(12-16(2)22(15)24)29-14-21(28)26-9-7-25(8-10-26)20(27)13-17-3-5-18(23)6-4-17/h3-6,11-12H,7-10,13-14H2,1-2H3. The van der Waals surface area contributed by atoms with Crippen molar-refractivity contribution in [3.05, 3.63) is 63.1 Å². The molecule has 2 aromatic carbocycles. The maximum atomic E-state index is 12.5. The first kappa shape index (κ1) is 21.5. The van der Waals surface area contributed by atoms with Crippen LogP contribution in [0, 0.1) is 13.8 Å². The summed E-state index contributed by atoms with van der Waals surface area (Å²) in [4.78, 5) is 28.5. The van der Waals surface area contributed by atoms with E-state index in [0.717, 1.165) is 16.7 Å². The van der Waals surface area contributed by atoms with Crippen LogP contribution in [0.1, 0.15) is 16.7 Å². The van der Waals surface area contributed by atoms with Gasteiger partial charge >= 0.3 is 0 Å². The summed E-state index contributed by atoms with van der Waals surface area (Å²) < 4.78 is 5.66. The fourth-order valence-electron chi connectivity index (χ4n) is 3.32. The van der Waals surface area contributed by atoms with Gasteiger partial charge in [0, 0.05) is 36.2 Å². The van der Waals surface area contributed by atoms with Gasteiger partial charge in [0.1, 0.15) is 5.75 Å². The Labute approximate surface area is 181 Å². The summed E-state index contributed by atoms with van der Waals surface area (Å²) in [5.41, 5.74) is 2.77. The molecule has 29 heavy (non-hydrogen) atoms. The Balaban J connectivity index is 1.46. The maximum absolute atomic E-state index is 12.5. The van der Waals surface area contributed by atoms with E-state index in [1.807, 2.05) is 38.1 Å². The summed E-state index contributed by atoms with van der Waals surface area (Å²) in [6.45, 7) is 5.85. The lowest BCUT2D eigenvalue weighted by molar-refractivity contribution is -0.140. The number of hydrogen-bond acceptors (Lipinski definition) is 3. The Bertz CT molecular complexity index is 868. The minimum Gasteiger partial charge on any atom is -0.484 e. The van der Waals surface area contributed by atoms with Crippen LogP contribution < -0.4 is 4.74 Å². The smallest absolute Gasteiger partial charge is 0.260 e. The number of amides is 2. The van der Waals surface area contributed by atoms with Gasteiger partial charge in [0.05, 0.1) is 6.42 Å². The second-order valence-corrected chi connectivity index (χ2v) is 8.04. The monoisotopic (exact) mass is 434 g/mol. The fourth-order valence-corrected chi connectivity index (χ4v) is 3.55. The van der Waals surface area contributed by atoms with Gasteiger partial charge in [-0.2, -0.15) is 0 Å². The van der Waals surface area contributed by atoms with Crippen LogP contribution in [-0.4, -0.2) is 54.4 Å². The second kappa shape index (κ2) is 9.51. The number of hydrogen-bond donors (Lipinski definition) is 0. The first-order chi connectivity index (χ1) is 13.8. The molecule has 0 unspecified atom stereocenters. The zero-order valence-corrected chi connectivity index (χ0v) is 18.1. The van der Waals surface area contributed by atoms with Crippen molar-refractivity contribution in [2.45, 2.75) is 20.3 Å². The summed E-state index contributed by atoms with van der Waals surface area (Å²) in [5.74, 6) is 0.609. The summed E-state index contributed by atoms with van der Waals surface area (Å²) >= 11 is 12.0. The SMILES string of the molecule is Cc1cc(OCC(=O)N2CCN(C(=O)Cc3ccc(Cl)cc3)CC2)cc(C)c1Cl. The molecule has 0 aliphatic carbocycles. The molecular formula is C22H24Cl2N2O3. The van der Waals surface area contributed by atoms with E-state index in [4.69, 9.17) is 27.9 Å². The molecule has 0 aromatic heterocycles. The molecule has 0 bridgehead atoms.